The van der Waals surface area contributed by atoms with Crippen LogP contribution in [0.25, 0.3) is 0 Å². The molecule has 0 fully saturated rings. The minimum atomic E-state index is -0.727. The lowest BCUT2D eigenvalue weighted by Crippen LogP contribution is -2.35. The molecule has 1 amide bonds. The molecule has 0 radical (unpaired) electrons. The number of anilines is 1. The van der Waals surface area contributed by atoms with E-state index in [4.69, 9.17) is 26.3 Å². The number of hydrogen-bond acceptors (Lipinski definition) is 6. The molecule has 1 heterocycles. The fraction of sp³-hybridized carbons (Fsp3) is 0.222. The van der Waals surface area contributed by atoms with Crippen LogP contribution in [0.15, 0.2) is 42.6 Å². The molecule has 0 atom stereocenters. The van der Waals surface area contributed by atoms with Crippen molar-refractivity contribution in [1.29, 1.82) is 5.26 Å². The highest BCUT2D eigenvalue weighted by Gasteiger charge is 2.20. The Hall–Kier alpha value is -3.11. The molecule has 0 unspecified atom stereocenters. The maximum atomic E-state index is 12.5. The highest BCUT2D eigenvalue weighted by atomic mass is 35.5. The molecule has 0 saturated carbocycles. The van der Waals surface area contributed by atoms with Gasteiger partial charge >= 0.3 is 5.97 Å². The van der Waals surface area contributed by atoms with E-state index in [0.717, 1.165) is 0 Å². The number of nitriles is 1. The molecule has 2 rings (SSSR count). The van der Waals surface area contributed by atoms with Crippen LogP contribution in [0.1, 0.15) is 16.8 Å². The van der Waals surface area contributed by atoms with Crippen molar-refractivity contribution in [3.63, 3.8) is 0 Å². The molecule has 8 heteroatoms. The number of carbonyl (C=O) groups is 2. The van der Waals surface area contributed by atoms with Crippen LogP contribution in [-0.4, -0.2) is 37.1 Å². The molecule has 134 valence electrons. The maximum absolute atomic E-state index is 12.5. The number of pyridine rings is 1. The lowest BCUT2D eigenvalue weighted by Gasteiger charge is -2.22. The Bertz CT molecular complexity index is 835. The SMILES string of the molecule is COc1ncccc1C(=O)OCC(=O)N(CCC#N)c1cccc(Cl)c1. The predicted molar refractivity (Wildman–Crippen MR) is 95.1 cm³/mol. The average Bonchev–Trinajstić information content (AvgIpc) is 2.66. The van der Waals surface area contributed by atoms with Crippen LogP contribution in [-0.2, 0) is 9.53 Å². The largest absolute Gasteiger partial charge is 0.480 e. The normalized spacial score (nSPS) is 9.88. The molecule has 7 nitrogen and oxygen atoms in total. The second-order valence-corrected chi connectivity index (χ2v) is 5.51. The minimum Gasteiger partial charge on any atom is -0.480 e. The Labute approximate surface area is 155 Å². The zero-order chi connectivity index (χ0) is 18.9. The lowest BCUT2D eigenvalue weighted by molar-refractivity contribution is -0.121. The number of aromatic nitrogens is 1. The Balaban J connectivity index is 2.09. The standard InChI is InChI=1S/C18H16ClN3O4/c1-25-17-15(7-3-9-21-17)18(24)26-12-16(23)22(10-4-8-20)14-6-2-5-13(19)11-14/h2-3,5-7,9,11H,4,10,12H2,1H3. The average molecular weight is 374 g/mol. The van der Waals surface area contributed by atoms with E-state index in [1.807, 2.05) is 6.07 Å². The Morgan fingerprint density at radius 3 is 2.81 bits per heavy atom. The van der Waals surface area contributed by atoms with E-state index in [-0.39, 0.29) is 24.4 Å². The van der Waals surface area contributed by atoms with E-state index < -0.39 is 18.5 Å². The molecular weight excluding hydrogens is 358 g/mol. The van der Waals surface area contributed by atoms with Crippen LogP contribution in [0.4, 0.5) is 5.69 Å². The van der Waals surface area contributed by atoms with Crippen molar-refractivity contribution in [3.05, 3.63) is 53.2 Å². The van der Waals surface area contributed by atoms with Gasteiger partial charge in [-0.3, -0.25) is 4.79 Å². The Kier molecular flexibility index (Phi) is 6.94. The molecule has 0 saturated heterocycles. The first-order chi connectivity index (χ1) is 12.6. The molecule has 1 aromatic carbocycles. The van der Waals surface area contributed by atoms with E-state index in [1.54, 1.807) is 30.3 Å². The van der Waals surface area contributed by atoms with Crippen molar-refractivity contribution < 1.29 is 19.1 Å². The number of amides is 1. The van der Waals surface area contributed by atoms with Gasteiger partial charge in [-0.25, -0.2) is 9.78 Å². The Morgan fingerprint density at radius 1 is 1.31 bits per heavy atom. The summed E-state index contributed by atoms with van der Waals surface area (Å²) in [5.74, 6) is -1.09. The summed E-state index contributed by atoms with van der Waals surface area (Å²) in [6.07, 6.45) is 1.60. The van der Waals surface area contributed by atoms with Crippen LogP contribution < -0.4 is 9.64 Å². The van der Waals surface area contributed by atoms with Gasteiger partial charge in [0.05, 0.1) is 19.6 Å². The first-order valence-corrected chi connectivity index (χ1v) is 8.03. The fourth-order valence-electron chi connectivity index (χ4n) is 2.20. The number of carbonyl (C=O) groups excluding carboxylic acids is 2. The molecular formula is C18H16ClN3O4. The zero-order valence-corrected chi connectivity index (χ0v) is 14.8. The summed E-state index contributed by atoms with van der Waals surface area (Å²) in [5, 5.41) is 9.26. The van der Waals surface area contributed by atoms with E-state index in [1.165, 1.54) is 24.3 Å². The summed E-state index contributed by atoms with van der Waals surface area (Å²) < 4.78 is 10.1. The molecule has 0 aliphatic rings. The van der Waals surface area contributed by atoms with Gasteiger partial charge in [0.25, 0.3) is 5.91 Å². The van der Waals surface area contributed by atoms with Gasteiger partial charge < -0.3 is 14.4 Å². The summed E-state index contributed by atoms with van der Waals surface area (Å²) in [5.41, 5.74) is 0.641. The van der Waals surface area contributed by atoms with Crippen LogP contribution in [0.5, 0.6) is 5.88 Å². The van der Waals surface area contributed by atoms with Crippen LogP contribution in [0.3, 0.4) is 0 Å². The number of halogens is 1. The zero-order valence-electron chi connectivity index (χ0n) is 14.0. The van der Waals surface area contributed by atoms with Gasteiger partial charge in [0.2, 0.25) is 5.88 Å². The van der Waals surface area contributed by atoms with Crippen molar-refractivity contribution in [2.75, 3.05) is 25.2 Å². The van der Waals surface area contributed by atoms with E-state index >= 15 is 0 Å². The first kappa shape index (κ1) is 19.2. The van der Waals surface area contributed by atoms with Gasteiger partial charge in [0.15, 0.2) is 6.61 Å². The quantitative estimate of drug-likeness (QED) is 0.693. The second kappa shape index (κ2) is 9.39. The molecule has 0 aliphatic carbocycles. The summed E-state index contributed by atoms with van der Waals surface area (Å²) in [6, 6.07) is 11.7. The van der Waals surface area contributed by atoms with E-state index in [0.29, 0.717) is 10.7 Å². The van der Waals surface area contributed by atoms with Gasteiger partial charge in [-0.1, -0.05) is 17.7 Å². The number of benzene rings is 1. The summed E-state index contributed by atoms with van der Waals surface area (Å²) >= 11 is 5.96. The number of nitrogens with zero attached hydrogens (tertiary/aromatic N) is 3. The van der Waals surface area contributed by atoms with Crippen LogP contribution in [0, 0.1) is 11.3 Å². The third kappa shape index (κ3) is 4.94. The molecule has 0 spiro atoms. The second-order valence-electron chi connectivity index (χ2n) is 5.07. The first-order valence-electron chi connectivity index (χ1n) is 7.66. The predicted octanol–water partition coefficient (Wildman–Crippen LogP) is 2.85. The molecule has 0 aliphatic heterocycles. The number of methoxy groups -OCH3 is 1. The van der Waals surface area contributed by atoms with Crippen molar-refractivity contribution in [2.24, 2.45) is 0 Å². The summed E-state index contributed by atoms with van der Waals surface area (Å²) in [4.78, 5) is 29.9. The van der Waals surface area contributed by atoms with E-state index in [9.17, 15) is 9.59 Å². The molecule has 0 N–H and O–H groups in total. The maximum Gasteiger partial charge on any atom is 0.344 e. The summed E-state index contributed by atoms with van der Waals surface area (Å²) in [6.45, 7) is -0.335. The molecule has 1 aromatic heterocycles. The van der Waals surface area contributed by atoms with Crippen LogP contribution in [0.2, 0.25) is 5.02 Å². The third-order valence-corrected chi connectivity index (χ3v) is 3.61. The van der Waals surface area contributed by atoms with Crippen molar-refractivity contribution in [2.45, 2.75) is 6.42 Å². The number of hydrogen-bond donors (Lipinski definition) is 0. The summed E-state index contributed by atoms with van der Waals surface area (Å²) in [7, 11) is 1.38. The van der Waals surface area contributed by atoms with Gasteiger partial charge in [0, 0.05) is 23.5 Å². The lowest BCUT2D eigenvalue weighted by atomic mass is 10.2. The molecule has 0 bridgehead atoms. The van der Waals surface area contributed by atoms with E-state index in [2.05, 4.69) is 4.98 Å². The Morgan fingerprint density at radius 2 is 2.12 bits per heavy atom. The number of esters is 1. The van der Waals surface area contributed by atoms with Gasteiger partial charge in [0.1, 0.15) is 5.56 Å². The highest BCUT2D eigenvalue weighted by molar-refractivity contribution is 6.30. The third-order valence-electron chi connectivity index (χ3n) is 3.38. The topological polar surface area (TPSA) is 92.5 Å². The fourth-order valence-corrected chi connectivity index (χ4v) is 2.38. The van der Waals surface area contributed by atoms with Crippen molar-refractivity contribution in [3.8, 4) is 11.9 Å². The van der Waals surface area contributed by atoms with Crippen LogP contribution >= 0.6 is 11.6 Å². The monoisotopic (exact) mass is 373 g/mol. The number of ether oxygens (including phenoxy) is 2. The minimum absolute atomic E-state index is 0.112. The van der Waals surface area contributed by atoms with Crippen molar-refractivity contribution >= 4 is 29.2 Å². The highest BCUT2D eigenvalue weighted by Crippen LogP contribution is 2.20. The van der Waals surface area contributed by atoms with Gasteiger partial charge in [-0.2, -0.15) is 5.26 Å². The van der Waals surface area contributed by atoms with Gasteiger partial charge in [-0.05, 0) is 30.3 Å². The number of rotatable bonds is 7. The smallest absolute Gasteiger partial charge is 0.344 e. The van der Waals surface area contributed by atoms with Gasteiger partial charge in [-0.15, -0.1) is 0 Å². The molecule has 2 aromatic rings. The molecule has 26 heavy (non-hydrogen) atoms. The van der Waals surface area contributed by atoms with Crippen molar-refractivity contribution in [1.82, 2.24) is 4.98 Å².